The minimum atomic E-state index is -3.75. The number of sulfonamides is 1. The normalized spacial score (nSPS) is 15.3. The maximum atomic E-state index is 13.1. The van der Waals surface area contributed by atoms with Gasteiger partial charge in [-0.15, -0.1) is 0 Å². The molecule has 0 radical (unpaired) electrons. The second-order valence-corrected chi connectivity index (χ2v) is 6.91. The third-order valence-electron chi connectivity index (χ3n) is 3.85. The highest BCUT2D eigenvalue weighted by atomic mass is 32.2. The molecular formula is C17H14FNO3S. The Hall–Kier alpha value is -2.31. The van der Waals surface area contributed by atoms with Gasteiger partial charge in [-0.1, -0.05) is 24.3 Å². The number of halogens is 1. The van der Waals surface area contributed by atoms with Gasteiger partial charge < -0.3 is 0 Å². The molecule has 0 saturated heterocycles. The number of hydrogen-bond donors (Lipinski definition) is 1. The predicted molar refractivity (Wildman–Crippen MR) is 85.3 cm³/mol. The summed E-state index contributed by atoms with van der Waals surface area (Å²) in [5, 5.41) is 5.09. The SMILES string of the molecule is NS(=O)(=O)c1ccc(C2=C(c3ccc(F)cc3)C(=O)CC2)cc1. The molecule has 2 aromatic carbocycles. The third kappa shape index (κ3) is 3.09. The van der Waals surface area contributed by atoms with Crippen LogP contribution in [0.25, 0.3) is 11.1 Å². The average molecular weight is 331 g/mol. The predicted octanol–water partition coefficient (Wildman–Crippen LogP) is 2.75. The number of allylic oxidation sites excluding steroid dienone is 2. The molecule has 0 aromatic heterocycles. The molecule has 2 aromatic rings. The summed E-state index contributed by atoms with van der Waals surface area (Å²) >= 11 is 0. The molecule has 0 atom stereocenters. The molecule has 0 spiro atoms. The summed E-state index contributed by atoms with van der Waals surface area (Å²) in [6, 6.07) is 11.9. The van der Waals surface area contributed by atoms with E-state index in [1.54, 1.807) is 24.3 Å². The summed E-state index contributed by atoms with van der Waals surface area (Å²) in [5.41, 5.74) is 2.83. The van der Waals surface area contributed by atoms with Gasteiger partial charge in [-0.3, -0.25) is 4.79 Å². The molecule has 0 amide bonds. The van der Waals surface area contributed by atoms with E-state index in [-0.39, 0.29) is 16.5 Å². The van der Waals surface area contributed by atoms with Gasteiger partial charge in [-0.05, 0) is 47.4 Å². The highest BCUT2D eigenvalue weighted by Gasteiger charge is 2.25. The van der Waals surface area contributed by atoms with E-state index in [9.17, 15) is 17.6 Å². The number of Topliss-reactive ketones (excluding diaryl/α,β-unsaturated/α-hetero) is 1. The lowest BCUT2D eigenvalue weighted by molar-refractivity contribution is -0.113. The van der Waals surface area contributed by atoms with Crippen LogP contribution in [-0.4, -0.2) is 14.2 Å². The molecular weight excluding hydrogens is 317 g/mol. The first-order valence-corrected chi connectivity index (χ1v) is 8.56. The van der Waals surface area contributed by atoms with E-state index in [0.717, 1.165) is 11.1 Å². The second kappa shape index (κ2) is 5.72. The van der Waals surface area contributed by atoms with Crippen LogP contribution in [0.3, 0.4) is 0 Å². The number of rotatable bonds is 3. The van der Waals surface area contributed by atoms with Crippen molar-refractivity contribution in [3.8, 4) is 0 Å². The van der Waals surface area contributed by atoms with Crippen LogP contribution in [0.4, 0.5) is 4.39 Å². The van der Waals surface area contributed by atoms with Gasteiger partial charge in [0, 0.05) is 12.0 Å². The highest BCUT2D eigenvalue weighted by Crippen LogP contribution is 2.37. The lowest BCUT2D eigenvalue weighted by atomic mass is 9.97. The third-order valence-corrected chi connectivity index (χ3v) is 4.78. The summed E-state index contributed by atoms with van der Waals surface area (Å²) < 4.78 is 35.7. The topological polar surface area (TPSA) is 77.2 Å². The standard InChI is InChI=1S/C17H14FNO3S/c18-13-5-1-12(2-6-13)17-15(9-10-16(17)20)11-3-7-14(8-4-11)23(19,21)22/h1-8H,9-10H2,(H2,19,21,22). The Balaban J connectivity index is 2.08. The molecule has 23 heavy (non-hydrogen) atoms. The van der Waals surface area contributed by atoms with Crippen molar-refractivity contribution in [1.29, 1.82) is 0 Å². The Morgan fingerprint density at radius 3 is 2.00 bits per heavy atom. The zero-order valence-corrected chi connectivity index (χ0v) is 12.9. The largest absolute Gasteiger partial charge is 0.294 e. The van der Waals surface area contributed by atoms with E-state index in [1.165, 1.54) is 24.3 Å². The minimum absolute atomic E-state index is 0.00197. The first-order chi connectivity index (χ1) is 10.9. The molecule has 0 unspecified atom stereocenters. The molecule has 6 heteroatoms. The molecule has 0 fully saturated rings. The average Bonchev–Trinajstić information content (AvgIpc) is 2.89. The summed E-state index contributed by atoms with van der Waals surface area (Å²) in [6.45, 7) is 0. The van der Waals surface area contributed by atoms with Gasteiger partial charge in [-0.25, -0.2) is 17.9 Å². The maximum Gasteiger partial charge on any atom is 0.238 e. The quantitative estimate of drug-likeness (QED) is 0.939. The molecule has 4 nitrogen and oxygen atoms in total. The highest BCUT2D eigenvalue weighted by molar-refractivity contribution is 7.89. The number of nitrogens with two attached hydrogens (primary N) is 1. The van der Waals surface area contributed by atoms with Crippen molar-refractivity contribution in [2.24, 2.45) is 5.14 Å². The van der Waals surface area contributed by atoms with Crippen molar-refractivity contribution >= 4 is 27.0 Å². The smallest absolute Gasteiger partial charge is 0.238 e. The molecule has 118 valence electrons. The molecule has 0 heterocycles. The van der Waals surface area contributed by atoms with Crippen LogP contribution < -0.4 is 5.14 Å². The number of benzene rings is 2. The Morgan fingerprint density at radius 1 is 0.870 bits per heavy atom. The van der Waals surface area contributed by atoms with Crippen LogP contribution in [0, 0.1) is 5.82 Å². The Bertz CT molecular complexity index is 898. The monoisotopic (exact) mass is 331 g/mol. The zero-order chi connectivity index (χ0) is 16.6. The summed E-state index contributed by atoms with van der Waals surface area (Å²) in [4.78, 5) is 12.2. The van der Waals surface area contributed by atoms with Crippen molar-refractivity contribution in [3.05, 3.63) is 65.5 Å². The molecule has 1 aliphatic rings. The minimum Gasteiger partial charge on any atom is -0.294 e. The zero-order valence-electron chi connectivity index (χ0n) is 12.1. The fourth-order valence-corrected chi connectivity index (χ4v) is 3.26. The molecule has 0 bridgehead atoms. The second-order valence-electron chi connectivity index (χ2n) is 5.35. The number of primary sulfonamides is 1. The van der Waals surface area contributed by atoms with Gasteiger partial charge in [0.1, 0.15) is 5.82 Å². The lowest BCUT2D eigenvalue weighted by Crippen LogP contribution is -2.11. The summed E-state index contributed by atoms with van der Waals surface area (Å²) in [5.74, 6) is -0.360. The number of ketones is 1. The van der Waals surface area contributed by atoms with Gasteiger partial charge in [0.05, 0.1) is 4.90 Å². The van der Waals surface area contributed by atoms with Crippen molar-refractivity contribution in [1.82, 2.24) is 0 Å². The van der Waals surface area contributed by atoms with E-state index >= 15 is 0 Å². The fraction of sp³-hybridized carbons (Fsp3) is 0.118. The van der Waals surface area contributed by atoms with Crippen LogP contribution in [0.2, 0.25) is 0 Å². The van der Waals surface area contributed by atoms with E-state index in [1.807, 2.05) is 0 Å². The van der Waals surface area contributed by atoms with Crippen LogP contribution in [0.15, 0.2) is 53.4 Å². The van der Waals surface area contributed by atoms with Crippen molar-refractivity contribution in [2.75, 3.05) is 0 Å². The number of carbonyl (C=O) groups excluding carboxylic acids is 1. The molecule has 2 N–H and O–H groups in total. The number of carbonyl (C=O) groups is 1. The van der Waals surface area contributed by atoms with Gasteiger partial charge in [-0.2, -0.15) is 0 Å². The fourth-order valence-electron chi connectivity index (χ4n) is 2.74. The Labute approximate surface area is 133 Å². The van der Waals surface area contributed by atoms with Crippen LogP contribution in [-0.2, 0) is 14.8 Å². The van der Waals surface area contributed by atoms with Crippen molar-refractivity contribution < 1.29 is 17.6 Å². The summed E-state index contributed by atoms with van der Waals surface area (Å²) in [7, 11) is -3.75. The maximum absolute atomic E-state index is 13.1. The van der Waals surface area contributed by atoms with E-state index in [4.69, 9.17) is 5.14 Å². The van der Waals surface area contributed by atoms with Gasteiger partial charge >= 0.3 is 0 Å². The Morgan fingerprint density at radius 2 is 1.43 bits per heavy atom. The first-order valence-electron chi connectivity index (χ1n) is 7.02. The molecule has 3 rings (SSSR count). The van der Waals surface area contributed by atoms with Crippen LogP contribution >= 0.6 is 0 Å². The van der Waals surface area contributed by atoms with Crippen molar-refractivity contribution in [3.63, 3.8) is 0 Å². The van der Waals surface area contributed by atoms with Crippen molar-refractivity contribution in [2.45, 2.75) is 17.7 Å². The Kier molecular flexibility index (Phi) is 3.87. The van der Waals surface area contributed by atoms with Gasteiger partial charge in [0.15, 0.2) is 5.78 Å². The molecule has 0 saturated carbocycles. The first kappa shape index (κ1) is 15.6. The van der Waals surface area contributed by atoms with E-state index in [2.05, 4.69) is 0 Å². The number of hydrogen-bond acceptors (Lipinski definition) is 3. The van der Waals surface area contributed by atoms with E-state index < -0.39 is 10.0 Å². The lowest BCUT2D eigenvalue weighted by Gasteiger charge is -2.08. The van der Waals surface area contributed by atoms with Gasteiger partial charge in [0.25, 0.3) is 0 Å². The molecule has 1 aliphatic carbocycles. The molecule has 0 aliphatic heterocycles. The summed E-state index contributed by atoms with van der Waals surface area (Å²) in [6.07, 6.45) is 0.958. The van der Waals surface area contributed by atoms with Crippen LogP contribution in [0.5, 0.6) is 0 Å². The van der Waals surface area contributed by atoms with Crippen LogP contribution in [0.1, 0.15) is 24.0 Å². The van der Waals surface area contributed by atoms with E-state index in [0.29, 0.717) is 24.0 Å². The van der Waals surface area contributed by atoms with Gasteiger partial charge in [0.2, 0.25) is 10.0 Å².